The molecule has 0 aliphatic heterocycles. The molecule has 0 aliphatic carbocycles. The number of carbonyl (C=O) groups is 1. The second-order valence-corrected chi connectivity index (χ2v) is 3.84. The first-order valence-corrected chi connectivity index (χ1v) is 5.03. The van der Waals surface area contributed by atoms with Crippen molar-refractivity contribution in [1.82, 2.24) is 5.32 Å². The number of rotatable bonds is 4. The van der Waals surface area contributed by atoms with Gasteiger partial charge in [-0.2, -0.15) is 0 Å². The monoisotopic (exact) mass is 259 g/mol. The Morgan fingerprint density at radius 1 is 1.57 bits per heavy atom. The van der Waals surface area contributed by atoms with Crippen LogP contribution < -0.4 is 5.32 Å². The van der Waals surface area contributed by atoms with Crippen molar-refractivity contribution in [3.8, 4) is 0 Å². The Morgan fingerprint density at radius 3 is 2.86 bits per heavy atom. The zero-order valence-corrected chi connectivity index (χ0v) is 9.40. The van der Waals surface area contributed by atoms with Crippen LogP contribution in [0.4, 0.5) is 4.39 Å². The maximum Gasteiger partial charge on any atom is 0.151 e. The van der Waals surface area contributed by atoms with Gasteiger partial charge < -0.3 is 5.32 Å². The fraction of sp³-hybridized carbons (Fsp3) is 0.300. The molecule has 0 radical (unpaired) electrons. The molecule has 0 heterocycles. The molecule has 0 amide bonds. The third-order valence-corrected chi connectivity index (χ3v) is 2.51. The molecule has 1 N–H and O–H groups in total. The molecule has 2 nitrogen and oxygen atoms in total. The van der Waals surface area contributed by atoms with Crippen molar-refractivity contribution in [2.24, 2.45) is 0 Å². The lowest BCUT2D eigenvalue weighted by atomic mass is 10.1. The SMILES string of the molecule is CNCC(=O)Cc1ccc(F)cc1Br. The molecule has 1 aromatic carbocycles. The number of likely N-dealkylation sites (N-methyl/N-ethyl adjacent to an activating group) is 1. The zero-order chi connectivity index (χ0) is 10.6. The van der Waals surface area contributed by atoms with Gasteiger partial charge in [-0.25, -0.2) is 4.39 Å². The molecule has 0 saturated carbocycles. The average molecular weight is 260 g/mol. The summed E-state index contributed by atoms with van der Waals surface area (Å²) in [5, 5.41) is 2.78. The van der Waals surface area contributed by atoms with E-state index in [-0.39, 0.29) is 11.6 Å². The molecule has 1 aromatic rings. The van der Waals surface area contributed by atoms with E-state index in [1.54, 1.807) is 13.1 Å². The number of ketones is 1. The number of carbonyl (C=O) groups excluding carboxylic acids is 1. The Balaban J connectivity index is 2.72. The van der Waals surface area contributed by atoms with Crippen LogP contribution in [0.15, 0.2) is 22.7 Å². The summed E-state index contributed by atoms with van der Waals surface area (Å²) in [5.41, 5.74) is 0.812. The molecule has 14 heavy (non-hydrogen) atoms. The third kappa shape index (κ3) is 3.20. The van der Waals surface area contributed by atoms with Crippen LogP contribution in [0.2, 0.25) is 0 Å². The first-order valence-electron chi connectivity index (χ1n) is 4.23. The Labute approximate surface area is 90.6 Å². The number of halogens is 2. The van der Waals surface area contributed by atoms with Crippen LogP contribution in [0.1, 0.15) is 5.56 Å². The second kappa shape index (κ2) is 5.22. The molecule has 4 heteroatoms. The molecule has 0 atom stereocenters. The second-order valence-electron chi connectivity index (χ2n) is 2.98. The van der Waals surface area contributed by atoms with E-state index in [1.807, 2.05) is 0 Å². The van der Waals surface area contributed by atoms with Crippen LogP contribution >= 0.6 is 15.9 Å². The van der Waals surface area contributed by atoms with Gasteiger partial charge in [0.1, 0.15) is 5.82 Å². The first-order chi connectivity index (χ1) is 6.63. The van der Waals surface area contributed by atoms with Gasteiger partial charge in [0.05, 0.1) is 6.54 Å². The molecule has 0 aromatic heterocycles. The number of hydrogen-bond donors (Lipinski definition) is 1. The summed E-state index contributed by atoms with van der Waals surface area (Å²) < 4.78 is 13.3. The summed E-state index contributed by atoms with van der Waals surface area (Å²) >= 11 is 3.21. The molecule has 0 fully saturated rings. The lowest BCUT2D eigenvalue weighted by molar-refractivity contribution is -0.117. The highest BCUT2D eigenvalue weighted by molar-refractivity contribution is 9.10. The molecular formula is C10H11BrFNO. The smallest absolute Gasteiger partial charge is 0.151 e. The van der Waals surface area contributed by atoms with Gasteiger partial charge in [0.15, 0.2) is 5.78 Å². The van der Waals surface area contributed by atoms with E-state index >= 15 is 0 Å². The van der Waals surface area contributed by atoms with E-state index in [0.29, 0.717) is 17.4 Å². The van der Waals surface area contributed by atoms with Crippen molar-refractivity contribution in [1.29, 1.82) is 0 Å². The lowest BCUT2D eigenvalue weighted by Crippen LogP contribution is -2.20. The van der Waals surface area contributed by atoms with E-state index in [2.05, 4.69) is 21.2 Å². The van der Waals surface area contributed by atoms with Crippen LogP contribution in [-0.4, -0.2) is 19.4 Å². The molecule has 76 valence electrons. The third-order valence-electron chi connectivity index (χ3n) is 1.78. The molecule has 0 saturated heterocycles. The van der Waals surface area contributed by atoms with Crippen LogP contribution in [0, 0.1) is 5.82 Å². The fourth-order valence-corrected chi connectivity index (χ4v) is 1.63. The van der Waals surface area contributed by atoms with Crippen molar-refractivity contribution >= 4 is 21.7 Å². The van der Waals surface area contributed by atoms with Crippen LogP contribution in [-0.2, 0) is 11.2 Å². The highest BCUT2D eigenvalue weighted by Gasteiger charge is 2.06. The minimum atomic E-state index is -0.304. The normalized spacial score (nSPS) is 10.2. The Morgan fingerprint density at radius 2 is 2.29 bits per heavy atom. The predicted octanol–water partition coefficient (Wildman–Crippen LogP) is 1.92. The maximum absolute atomic E-state index is 12.7. The first kappa shape index (κ1) is 11.3. The minimum absolute atomic E-state index is 0.0832. The number of hydrogen-bond acceptors (Lipinski definition) is 2. The van der Waals surface area contributed by atoms with Crippen molar-refractivity contribution in [2.75, 3.05) is 13.6 Å². The lowest BCUT2D eigenvalue weighted by Gasteiger charge is -2.03. The highest BCUT2D eigenvalue weighted by atomic mass is 79.9. The summed E-state index contributed by atoms with van der Waals surface area (Å²) in [6.45, 7) is 0.337. The van der Waals surface area contributed by atoms with Gasteiger partial charge in [0, 0.05) is 10.9 Å². The van der Waals surface area contributed by atoms with Crippen LogP contribution in [0.5, 0.6) is 0 Å². The van der Waals surface area contributed by atoms with Gasteiger partial charge in [0.25, 0.3) is 0 Å². The standard InChI is InChI=1S/C10H11BrFNO/c1-13-6-9(14)4-7-2-3-8(12)5-10(7)11/h2-3,5,13H,4,6H2,1H3. The van der Waals surface area contributed by atoms with E-state index < -0.39 is 0 Å². The summed E-state index contributed by atoms with van der Waals surface area (Å²) in [5.74, 6) is -0.221. The van der Waals surface area contributed by atoms with Crippen molar-refractivity contribution in [3.05, 3.63) is 34.1 Å². The topological polar surface area (TPSA) is 29.1 Å². The zero-order valence-electron chi connectivity index (χ0n) is 7.81. The largest absolute Gasteiger partial charge is 0.313 e. The van der Waals surface area contributed by atoms with E-state index in [0.717, 1.165) is 5.56 Å². The Kier molecular flexibility index (Phi) is 4.22. The summed E-state index contributed by atoms with van der Waals surface area (Å²) in [6.07, 6.45) is 0.321. The molecule has 0 bridgehead atoms. The molecule has 0 aliphatic rings. The number of benzene rings is 1. The summed E-state index contributed by atoms with van der Waals surface area (Å²) in [6, 6.07) is 4.34. The molecule has 1 rings (SSSR count). The highest BCUT2D eigenvalue weighted by Crippen LogP contribution is 2.18. The quantitative estimate of drug-likeness (QED) is 0.896. The molecule has 0 unspecified atom stereocenters. The minimum Gasteiger partial charge on any atom is -0.313 e. The molecule has 0 spiro atoms. The van der Waals surface area contributed by atoms with Crippen molar-refractivity contribution in [3.63, 3.8) is 0 Å². The summed E-state index contributed by atoms with van der Waals surface area (Å²) in [4.78, 5) is 11.3. The number of Topliss-reactive ketones (excluding diaryl/α,β-unsaturated/α-hetero) is 1. The van der Waals surface area contributed by atoms with Gasteiger partial charge in [0.2, 0.25) is 0 Å². The van der Waals surface area contributed by atoms with E-state index in [1.165, 1.54) is 12.1 Å². The van der Waals surface area contributed by atoms with E-state index in [4.69, 9.17) is 0 Å². The Bertz CT molecular complexity index is 341. The van der Waals surface area contributed by atoms with Crippen LogP contribution in [0.3, 0.4) is 0 Å². The van der Waals surface area contributed by atoms with Gasteiger partial charge in [-0.05, 0) is 24.7 Å². The van der Waals surface area contributed by atoms with Crippen molar-refractivity contribution < 1.29 is 9.18 Å². The van der Waals surface area contributed by atoms with Gasteiger partial charge in [-0.3, -0.25) is 4.79 Å². The molecular weight excluding hydrogens is 249 g/mol. The van der Waals surface area contributed by atoms with Gasteiger partial charge >= 0.3 is 0 Å². The summed E-state index contributed by atoms with van der Waals surface area (Å²) in [7, 11) is 1.72. The van der Waals surface area contributed by atoms with Crippen molar-refractivity contribution in [2.45, 2.75) is 6.42 Å². The Hall–Kier alpha value is -0.740. The van der Waals surface area contributed by atoms with Crippen LogP contribution in [0.25, 0.3) is 0 Å². The fourth-order valence-electron chi connectivity index (χ4n) is 1.14. The van der Waals surface area contributed by atoms with Gasteiger partial charge in [-0.1, -0.05) is 22.0 Å². The average Bonchev–Trinajstić information content (AvgIpc) is 2.10. The van der Waals surface area contributed by atoms with E-state index in [9.17, 15) is 9.18 Å². The predicted molar refractivity (Wildman–Crippen MR) is 56.7 cm³/mol. The maximum atomic E-state index is 12.7. The van der Waals surface area contributed by atoms with Gasteiger partial charge in [-0.15, -0.1) is 0 Å². The number of nitrogens with one attached hydrogen (secondary N) is 1.